The molecule has 0 aromatic heterocycles. The zero-order chi connectivity index (χ0) is 17.7. The molecule has 1 aliphatic heterocycles. The monoisotopic (exact) mass is 346 g/mol. The van der Waals surface area contributed by atoms with Gasteiger partial charge in [0.25, 0.3) is 0 Å². The fourth-order valence-corrected chi connectivity index (χ4v) is 3.68. The minimum atomic E-state index is -4.35. The van der Waals surface area contributed by atoms with Gasteiger partial charge in [-0.25, -0.2) is 0 Å². The Hall–Kier alpha value is -1.53. The van der Waals surface area contributed by atoms with Crippen molar-refractivity contribution in [2.24, 2.45) is 5.92 Å². The molecule has 2 aliphatic rings. The third-order valence-corrected chi connectivity index (χ3v) is 4.82. The van der Waals surface area contributed by atoms with Gasteiger partial charge in [0.2, 0.25) is 11.8 Å². The molecule has 1 saturated heterocycles. The van der Waals surface area contributed by atoms with Crippen LogP contribution >= 0.6 is 0 Å². The lowest BCUT2D eigenvalue weighted by Crippen LogP contribution is -2.50. The third kappa shape index (κ3) is 4.98. The third-order valence-electron chi connectivity index (χ3n) is 4.82. The van der Waals surface area contributed by atoms with E-state index in [9.17, 15) is 22.8 Å². The molecule has 2 unspecified atom stereocenters. The van der Waals surface area contributed by atoms with Crippen LogP contribution in [0, 0.1) is 5.92 Å². The summed E-state index contributed by atoms with van der Waals surface area (Å²) in [4.78, 5) is 26.6. The van der Waals surface area contributed by atoms with Gasteiger partial charge in [0.1, 0.15) is 6.04 Å². The summed E-state index contributed by atoms with van der Waals surface area (Å²) in [6, 6.07) is -1.67. The highest BCUT2D eigenvalue weighted by Gasteiger charge is 2.39. The zero-order valence-electron chi connectivity index (χ0n) is 13.8. The molecular weight excluding hydrogens is 321 g/mol. The van der Waals surface area contributed by atoms with Crippen molar-refractivity contribution in [3.8, 4) is 0 Å². The predicted octanol–water partition coefficient (Wildman–Crippen LogP) is 3.18. The van der Waals surface area contributed by atoms with Gasteiger partial charge in [0.15, 0.2) is 0 Å². The number of alkyl halides is 3. The molecule has 0 aromatic carbocycles. The van der Waals surface area contributed by atoms with E-state index in [1.54, 1.807) is 4.90 Å². The molecule has 4 nitrogen and oxygen atoms in total. The van der Waals surface area contributed by atoms with Crippen LogP contribution in [0.5, 0.6) is 0 Å². The Morgan fingerprint density at radius 3 is 2.46 bits per heavy atom. The first-order valence-electron chi connectivity index (χ1n) is 8.60. The molecule has 0 aromatic rings. The molecule has 0 bridgehead atoms. The quantitative estimate of drug-likeness (QED) is 0.751. The Bertz CT molecular complexity index is 473. The summed E-state index contributed by atoms with van der Waals surface area (Å²) in [5, 5.41) is 2.47. The van der Waals surface area contributed by atoms with E-state index in [1.165, 1.54) is 6.08 Å². The van der Waals surface area contributed by atoms with Gasteiger partial charge in [-0.05, 0) is 32.1 Å². The second-order valence-electron chi connectivity index (χ2n) is 6.72. The Balaban J connectivity index is 1.98. The smallest absolute Gasteiger partial charge is 0.351 e. The number of carbonyl (C=O) groups excluding carboxylic acids is 2. The molecule has 2 atom stereocenters. The van der Waals surface area contributed by atoms with Crippen LogP contribution in [0.3, 0.4) is 0 Å². The summed E-state index contributed by atoms with van der Waals surface area (Å²) in [5.41, 5.74) is 0. The van der Waals surface area contributed by atoms with E-state index in [-0.39, 0.29) is 18.2 Å². The number of hydrogen-bond acceptors (Lipinski definition) is 2. The molecule has 0 spiro atoms. The van der Waals surface area contributed by atoms with Crippen LogP contribution in [0.2, 0.25) is 0 Å². The minimum absolute atomic E-state index is 0.0127. The number of rotatable bonds is 6. The maximum Gasteiger partial charge on any atom is 0.391 e. The first kappa shape index (κ1) is 18.8. The first-order chi connectivity index (χ1) is 11.3. The number of halogens is 3. The fourth-order valence-electron chi connectivity index (χ4n) is 3.68. The van der Waals surface area contributed by atoms with Gasteiger partial charge in [0.05, 0.1) is 6.42 Å². The molecule has 0 radical (unpaired) electrons. The van der Waals surface area contributed by atoms with Crippen LogP contribution in [-0.2, 0) is 9.59 Å². The van der Waals surface area contributed by atoms with Crippen LogP contribution in [0.4, 0.5) is 13.2 Å². The van der Waals surface area contributed by atoms with Gasteiger partial charge in [-0.3, -0.25) is 9.59 Å². The normalized spacial score (nSPS) is 23.3. The minimum Gasteiger partial charge on any atom is -0.351 e. The molecular formula is C17H25F3N2O2. The predicted molar refractivity (Wildman–Crippen MR) is 84.1 cm³/mol. The number of carbonyl (C=O) groups is 2. The highest BCUT2D eigenvalue weighted by atomic mass is 19.4. The lowest BCUT2D eigenvalue weighted by atomic mass is 10.1. The summed E-state index contributed by atoms with van der Waals surface area (Å²) in [5.74, 6) is -0.520. The van der Waals surface area contributed by atoms with E-state index in [2.05, 4.69) is 11.9 Å². The van der Waals surface area contributed by atoms with Crippen molar-refractivity contribution >= 4 is 11.8 Å². The van der Waals surface area contributed by atoms with E-state index in [4.69, 9.17) is 0 Å². The second kappa shape index (κ2) is 8.03. The van der Waals surface area contributed by atoms with Crippen molar-refractivity contribution in [2.75, 3.05) is 6.54 Å². The van der Waals surface area contributed by atoms with Crippen molar-refractivity contribution in [3.63, 3.8) is 0 Å². The lowest BCUT2D eigenvalue weighted by Gasteiger charge is -2.28. The van der Waals surface area contributed by atoms with Crippen LogP contribution in [0.15, 0.2) is 12.7 Å². The first-order valence-corrected chi connectivity index (χ1v) is 8.60. The molecule has 2 fully saturated rings. The number of nitrogens with zero attached hydrogens (tertiary/aromatic N) is 1. The summed E-state index contributed by atoms with van der Waals surface area (Å²) in [6.45, 7) is 3.96. The SMILES string of the molecule is C=CCC(CC(F)(F)F)NC(=O)C1CCCN1C(=O)C1CCCC1. The maximum absolute atomic E-state index is 12.6. The van der Waals surface area contributed by atoms with Gasteiger partial charge < -0.3 is 10.2 Å². The molecule has 2 amide bonds. The average molecular weight is 346 g/mol. The molecule has 136 valence electrons. The van der Waals surface area contributed by atoms with Crippen LogP contribution < -0.4 is 5.32 Å². The molecule has 1 aliphatic carbocycles. The van der Waals surface area contributed by atoms with Crippen molar-refractivity contribution in [3.05, 3.63) is 12.7 Å². The molecule has 1 heterocycles. The van der Waals surface area contributed by atoms with E-state index in [0.29, 0.717) is 19.4 Å². The summed E-state index contributed by atoms with van der Waals surface area (Å²) < 4.78 is 37.8. The van der Waals surface area contributed by atoms with Gasteiger partial charge in [-0.15, -0.1) is 6.58 Å². The van der Waals surface area contributed by atoms with Gasteiger partial charge >= 0.3 is 6.18 Å². The fraction of sp³-hybridized carbons (Fsp3) is 0.765. The van der Waals surface area contributed by atoms with Crippen LogP contribution in [0.1, 0.15) is 51.4 Å². The van der Waals surface area contributed by atoms with Gasteiger partial charge in [-0.2, -0.15) is 13.2 Å². The van der Waals surface area contributed by atoms with E-state index < -0.39 is 30.6 Å². The molecule has 7 heteroatoms. The van der Waals surface area contributed by atoms with E-state index in [0.717, 1.165) is 25.7 Å². The number of amides is 2. The molecule has 24 heavy (non-hydrogen) atoms. The van der Waals surface area contributed by atoms with E-state index >= 15 is 0 Å². The topological polar surface area (TPSA) is 49.4 Å². The molecule has 1 N–H and O–H groups in total. The summed E-state index contributed by atoms with van der Waals surface area (Å²) >= 11 is 0. The number of hydrogen-bond donors (Lipinski definition) is 1. The summed E-state index contributed by atoms with van der Waals surface area (Å²) in [7, 11) is 0. The standard InChI is InChI=1S/C17H25F3N2O2/c1-2-6-13(11-17(18,19)20)21-15(23)14-9-5-10-22(14)16(24)12-7-3-4-8-12/h2,12-14H,1,3-11H2,(H,21,23). The Kier molecular flexibility index (Phi) is 6.29. The second-order valence-corrected chi connectivity index (χ2v) is 6.72. The summed E-state index contributed by atoms with van der Waals surface area (Å²) in [6.07, 6.45) is 0.931. The Morgan fingerprint density at radius 1 is 1.21 bits per heavy atom. The van der Waals surface area contributed by atoms with Crippen molar-refractivity contribution in [1.82, 2.24) is 10.2 Å². The van der Waals surface area contributed by atoms with Crippen molar-refractivity contribution in [1.29, 1.82) is 0 Å². The largest absolute Gasteiger partial charge is 0.391 e. The average Bonchev–Trinajstić information content (AvgIpc) is 3.16. The van der Waals surface area contributed by atoms with E-state index in [1.807, 2.05) is 0 Å². The highest BCUT2D eigenvalue weighted by Crippen LogP contribution is 2.30. The Morgan fingerprint density at radius 2 is 1.88 bits per heavy atom. The van der Waals surface area contributed by atoms with Crippen molar-refractivity contribution < 1.29 is 22.8 Å². The van der Waals surface area contributed by atoms with Crippen LogP contribution in [-0.4, -0.2) is 41.5 Å². The maximum atomic E-state index is 12.6. The van der Waals surface area contributed by atoms with Crippen molar-refractivity contribution in [2.45, 2.75) is 69.6 Å². The molecule has 1 saturated carbocycles. The molecule has 2 rings (SSSR count). The zero-order valence-corrected chi connectivity index (χ0v) is 13.8. The van der Waals surface area contributed by atoms with Gasteiger partial charge in [-0.1, -0.05) is 18.9 Å². The number of nitrogens with one attached hydrogen (secondary N) is 1. The highest BCUT2D eigenvalue weighted by molar-refractivity contribution is 5.89. The van der Waals surface area contributed by atoms with Gasteiger partial charge in [0, 0.05) is 18.5 Å². The van der Waals surface area contributed by atoms with Crippen LogP contribution in [0.25, 0.3) is 0 Å². The lowest BCUT2D eigenvalue weighted by molar-refractivity contribution is -0.146. The Labute approximate surface area is 140 Å². The number of likely N-dealkylation sites (tertiary alicyclic amines) is 1.